The zero-order valence-electron chi connectivity index (χ0n) is 15.0. The zero-order chi connectivity index (χ0) is 17.7. The molecule has 0 aromatic heterocycles. The summed E-state index contributed by atoms with van der Waals surface area (Å²) in [6.45, 7) is 3.78. The van der Waals surface area contributed by atoms with E-state index in [0.717, 1.165) is 44.9 Å². The molecule has 6 heteroatoms. The molecule has 0 aliphatic carbocycles. The highest BCUT2D eigenvalue weighted by molar-refractivity contribution is 5.78. The van der Waals surface area contributed by atoms with Crippen molar-refractivity contribution in [2.75, 3.05) is 53.7 Å². The summed E-state index contributed by atoms with van der Waals surface area (Å²) in [5, 5.41) is 0. The summed E-state index contributed by atoms with van der Waals surface area (Å²) in [4.78, 5) is 14.6. The number of amides is 1. The SMILES string of the molecule is COCC1CN(C(=O)COc2ccc(OC)cc2)CC12CCOCC2. The number of hydrogen-bond donors (Lipinski definition) is 0. The van der Waals surface area contributed by atoms with E-state index in [9.17, 15) is 4.79 Å². The number of nitrogens with zero attached hydrogens (tertiary/aromatic N) is 1. The highest BCUT2D eigenvalue weighted by atomic mass is 16.5. The number of carbonyl (C=O) groups excluding carboxylic acids is 1. The standard InChI is InChI=1S/C19H27NO5/c1-22-12-15-11-20(14-19(15)7-9-24-10-8-19)18(21)13-25-17-5-3-16(23-2)4-6-17/h3-6,15H,7-14H2,1-2H3. The molecule has 1 atom stereocenters. The van der Waals surface area contributed by atoms with Gasteiger partial charge in [-0.1, -0.05) is 0 Å². The van der Waals surface area contributed by atoms with Crippen LogP contribution in [0.1, 0.15) is 12.8 Å². The summed E-state index contributed by atoms with van der Waals surface area (Å²) in [7, 11) is 3.35. The number of hydrogen-bond acceptors (Lipinski definition) is 5. The van der Waals surface area contributed by atoms with E-state index < -0.39 is 0 Å². The first-order valence-electron chi connectivity index (χ1n) is 8.78. The van der Waals surface area contributed by atoms with Crippen LogP contribution in [0.2, 0.25) is 0 Å². The Bertz CT molecular complexity index is 568. The average Bonchev–Trinajstić information content (AvgIpc) is 2.99. The van der Waals surface area contributed by atoms with Crippen molar-refractivity contribution in [2.24, 2.45) is 11.3 Å². The minimum Gasteiger partial charge on any atom is -0.497 e. The molecule has 1 spiro atoms. The summed E-state index contributed by atoms with van der Waals surface area (Å²) in [5.74, 6) is 1.83. The first-order chi connectivity index (χ1) is 12.2. The lowest BCUT2D eigenvalue weighted by molar-refractivity contribution is -0.133. The monoisotopic (exact) mass is 349 g/mol. The summed E-state index contributed by atoms with van der Waals surface area (Å²) in [5.41, 5.74) is 0.129. The van der Waals surface area contributed by atoms with Gasteiger partial charge in [0.15, 0.2) is 6.61 Å². The molecular formula is C19H27NO5. The Kier molecular flexibility index (Phi) is 5.81. The van der Waals surface area contributed by atoms with Gasteiger partial charge in [0.1, 0.15) is 11.5 Å². The largest absolute Gasteiger partial charge is 0.497 e. The Morgan fingerprint density at radius 3 is 2.52 bits per heavy atom. The van der Waals surface area contributed by atoms with Gasteiger partial charge in [-0.15, -0.1) is 0 Å². The van der Waals surface area contributed by atoms with Crippen LogP contribution < -0.4 is 9.47 Å². The first kappa shape index (κ1) is 18.0. The maximum absolute atomic E-state index is 12.6. The molecule has 0 bridgehead atoms. The maximum atomic E-state index is 12.6. The van der Waals surface area contributed by atoms with Crippen LogP contribution in [-0.2, 0) is 14.3 Å². The predicted octanol–water partition coefficient (Wildman–Crippen LogP) is 1.98. The Hall–Kier alpha value is -1.79. The Morgan fingerprint density at radius 2 is 1.88 bits per heavy atom. The lowest BCUT2D eigenvalue weighted by atomic mass is 9.72. The fourth-order valence-corrected chi connectivity index (χ4v) is 3.91. The topological polar surface area (TPSA) is 57.2 Å². The second kappa shape index (κ2) is 8.06. The second-order valence-corrected chi connectivity index (χ2v) is 6.87. The summed E-state index contributed by atoms with van der Waals surface area (Å²) in [6.07, 6.45) is 1.98. The average molecular weight is 349 g/mol. The number of ether oxygens (including phenoxy) is 4. The fraction of sp³-hybridized carbons (Fsp3) is 0.632. The van der Waals surface area contributed by atoms with Crippen molar-refractivity contribution in [3.63, 3.8) is 0 Å². The van der Waals surface area contributed by atoms with Gasteiger partial charge in [-0.25, -0.2) is 0 Å². The summed E-state index contributed by atoms with van der Waals surface area (Å²) in [6, 6.07) is 7.26. The third-order valence-electron chi connectivity index (χ3n) is 5.44. The van der Waals surface area contributed by atoms with Gasteiger partial charge in [0.2, 0.25) is 0 Å². The van der Waals surface area contributed by atoms with E-state index in [1.165, 1.54) is 0 Å². The van der Waals surface area contributed by atoms with Crippen molar-refractivity contribution in [1.82, 2.24) is 4.90 Å². The lowest BCUT2D eigenvalue weighted by Crippen LogP contribution is -2.39. The van der Waals surface area contributed by atoms with E-state index in [1.807, 2.05) is 29.2 Å². The van der Waals surface area contributed by atoms with Gasteiger partial charge < -0.3 is 23.8 Å². The van der Waals surface area contributed by atoms with Crippen LogP contribution in [0.3, 0.4) is 0 Å². The predicted molar refractivity (Wildman–Crippen MR) is 92.9 cm³/mol. The van der Waals surface area contributed by atoms with Crippen molar-refractivity contribution in [2.45, 2.75) is 12.8 Å². The van der Waals surface area contributed by atoms with E-state index in [4.69, 9.17) is 18.9 Å². The smallest absolute Gasteiger partial charge is 0.260 e. The molecule has 2 aliphatic heterocycles. The van der Waals surface area contributed by atoms with Gasteiger partial charge in [0, 0.05) is 39.3 Å². The zero-order valence-corrected chi connectivity index (χ0v) is 15.0. The van der Waals surface area contributed by atoms with Crippen molar-refractivity contribution in [1.29, 1.82) is 0 Å². The van der Waals surface area contributed by atoms with Crippen molar-refractivity contribution in [3.8, 4) is 11.5 Å². The molecule has 3 rings (SSSR count). The van der Waals surface area contributed by atoms with Crippen LogP contribution in [0.4, 0.5) is 0 Å². The minimum absolute atomic E-state index is 0.0280. The molecule has 2 saturated heterocycles. The molecule has 0 saturated carbocycles. The van der Waals surface area contributed by atoms with Crippen LogP contribution in [-0.4, -0.2) is 64.5 Å². The lowest BCUT2D eigenvalue weighted by Gasteiger charge is -2.37. The number of likely N-dealkylation sites (tertiary alicyclic amines) is 1. The van der Waals surface area contributed by atoms with Gasteiger partial charge in [-0.3, -0.25) is 4.79 Å². The molecule has 2 aliphatic rings. The molecule has 2 fully saturated rings. The van der Waals surface area contributed by atoms with E-state index >= 15 is 0 Å². The molecule has 25 heavy (non-hydrogen) atoms. The highest BCUT2D eigenvalue weighted by Gasteiger charge is 2.48. The molecule has 1 aromatic carbocycles. The number of rotatable bonds is 6. The normalized spacial score (nSPS) is 22.2. The van der Waals surface area contributed by atoms with E-state index in [2.05, 4.69) is 0 Å². The summed E-state index contributed by atoms with van der Waals surface area (Å²) < 4.78 is 21.7. The quantitative estimate of drug-likeness (QED) is 0.786. The molecule has 0 radical (unpaired) electrons. The van der Waals surface area contributed by atoms with Gasteiger partial charge in [-0.2, -0.15) is 0 Å². The molecule has 2 heterocycles. The van der Waals surface area contributed by atoms with Crippen LogP contribution in [0, 0.1) is 11.3 Å². The van der Waals surface area contributed by atoms with Crippen LogP contribution in [0.15, 0.2) is 24.3 Å². The van der Waals surface area contributed by atoms with Crippen molar-refractivity contribution >= 4 is 5.91 Å². The van der Waals surface area contributed by atoms with Gasteiger partial charge >= 0.3 is 0 Å². The molecule has 1 amide bonds. The van der Waals surface area contributed by atoms with Crippen molar-refractivity contribution < 1.29 is 23.7 Å². The van der Waals surface area contributed by atoms with Crippen molar-refractivity contribution in [3.05, 3.63) is 24.3 Å². The Balaban J connectivity index is 1.58. The Labute approximate surface area is 149 Å². The van der Waals surface area contributed by atoms with E-state index in [0.29, 0.717) is 18.3 Å². The van der Waals surface area contributed by atoms with E-state index in [1.54, 1.807) is 14.2 Å². The number of carbonyl (C=O) groups is 1. The maximum Gasteiger partial charge on any atom is 0.260 e. The molecule has 1 unspecified atom stereocenters. The second-order valence-electron chi connectivity index (χ2n) is 6.87. The van der Waals surface area contributed by atoms with Crippen LogP contribution >= 0.6 is 0 Å². The fourth-order valence-electron chi connectivity index (χ4n) is 3.91. The number of methoxy groups -OCH3 is 2. The molecule has 138 valence electrons. The summed E-state index contributed by atoms with van der Waals surface area (Å²) >= 11 is 0. The van der Waals surface area contributed by atoms with Gasteiger partial charge in [-0.05, 0) is 42.5 Å². The molecule has 0 N–H and O–H groups in total. The molecular weight excluding hydrogens is 322 g/mol. The first-order valence-corrected chi connectivity index (χ1v) is 8.78. The van der Waals surface area contributed by atoms with Crippen LogP contribution in [0.25, 0.3) is 0 Å². The minimum atomic E-state index is 0.0280. The van der Waals surface area contributed by atoms with E-state index in [-0.39, 0.29) is 17.9 Å². The number of benzene rings is 1. The third-order valence-corrected chi connectivity index (χ3v) is 5.44. The molecule has 1 aromatic rings. The third kappa shape index (κ3) is 4.07. The van der Waals surface area contributed by atoms with Crippen LogP contribution in [0.5, 0.6) is 11.5 Å². The molecule has 6 nitrogen and oxygen atoms in total. The highest BCUT2D eigenvalue weighted by Crippen LogP contribution is 2.44. The van der Waals surface area contributed by atoms with Gasteiger partial charge in [0.25, 0.3) is 5.91 Å². The van der Waals surface area contributed by atoms with Gasteiger partial charge in [0.05, 0.1) is 13.7 Å². The Morgan fingerprint density at radius 1 is 1.20 bits per heavy atom.